The van der Waals surface area contributed by atoms with Gasteiger partial charge in [0, 0.05) is 25.7 Å². The van der Waals surface area contributed by atoms with Crippen LogP contribution < -0.4 is 0 Å². The first-order valence-electron chi connectivity index (χ1n) is 13.5. The van der Waals surface area contributed by atoms with Crippen LogP contribution in [-0.2, 0) is 28.7 Å². The molecule has 36 heavy (non-hydrogen) atoms. The van der Waals surface area contributed by atoms with Crippen molar-refractivity contribution in [1.82, 2.24) is 0 Å². The van der Waals surface area contributed by atoms with Crippen LogP contribution in [0.4, 0.5) is 4.39 Å². The first-order valence-corrected chi connectivity index (χ1v) is 12.8. The van der Waals surface area contributed by atoms with Crippen molar-refractivity contribution < 1.29 is 39.5 Å². The summed E-state index contributed by atoms with van der Waals surface area (Å²) in [5.74, 6) is 0.533. The van der Waals surface area contributed by atoms with Gasteiger partial charge in [0.05, 0.1) is 28.8 Å². The summed E-state index contributed by atoms with van der Waals surface area (Å²) in [6, 6.07) is 0. The van der Waals surface area contributed by atoms with E-state index in [4.69, 9.17) is 1.37 Å². The van der Waals surface area contributed by atoms with Crippen LogP contribution in [0.2, 0.25) is 0 Å². The molecule has 0 aliphatic heterocycles. The molecule has 2 aliphatic carbocycles. The molecule has 0 heterocycles. The highest BCUT2D eigenvalue weighted by atomic mass is 19.1. The van der Waals surface area contributed by atoms with Crippen molar-refractivity contribution in [2.75, 3.05) is 21.4 Å². The highest BCUT2D eigenvalue weighted by molar-refractivity contribution is 5.98. The van der Waals surface area contributed by atoms with Crippen LogP contribution in [0, 0.1) is 5.92 Å². The monoisotopic (exact) mass is 513 g/mol. The largest absolute Gasteiger partial charge is 0.469 e. The second kappa shape index (κ2) is 20.8. The number of ether oxygens (including phenoxy) is 2. The van der Waals surface area contributed by atoms with Crippen LogP contribution in [-0.4, -0.2) is 56.1 Å². The van der Waals surface area contributed by atoms with Gasteiger partial charge in [-0.15, -0.1) is 0 Å². The standard InChI is InChI=1S/C14H22O3.C13H20O4.CH3F/c1-11-9-12(13(15)10-11)7-5-3-4-6-8-14(16)17-2;1-17-13(16)7-5-3-2-4-6-10-8-11(14)9-12(10)15;1-2/h9,11H,3-8,10H2,1-2H3;8,11,14H,2-7,9H2,1H3;1H3/t2*11-;/m00./s1/i;;1D. The molecule has 0 unspecified atom stereocenters. The maximum absolute atomic E-state index is 11.5. The molecule has 206 valence electrons. The Balaban J connectivity index is 0.000000633. The molecule has 7 nitrogen and oxygen atoms in total. The number of unbranched alkanes of at least 4 members (excludes halogenated alkanes) is 6. The summed E-state index contributed by atoms with van der Waals surface area (Å²) in [7, 11) is 1.81. The molecule has 0 spiro atoms. The molecule has 0 aromatic carbocycles. The van der Waals surface area contributed by atoms with Crippen LogP contribution >= 0.6 is 0 Å². The lowest BCUT2D eigenvalue weighted by Crippen LogP contribution is -2.01. The van der Waals surface area contributed by atoms with Gasteiger partial charge in [0.2, 0.25) is 0 Å². The van der Waals surface area contributed by atoms with Gasteiger partial charge in [-0.05, 0) is 61.7 Å². The predicted molar refractivity (Wildman–Crippen MR) is 137 cm³/mol. The Morgan fingerprint density at radius 3 is 1.64 bits per heavy atom. The minimum atomic E-state index is -1.00. The number of esters is 2. The average molecular weight is 514 g/mol. The summed E-state index contributed by atoms with van der Waals surface area (Å²) in [4.78, 5) is 44.5. The third-order valence-corrected chi connectivity index (χ3v) is 6.11. The maximum atomic E-state index is 11.5. The normalized spacial score (nSPS) is 18.8. The van der Waals surface area contributed by atoms with Gasteiger partial charge in [-0.2, -0.15) is 0 Å². The minimum absolute atomic E-state index is 0.0760. The zero-order chi connectivity index (χ0) is 28.1. The van der Waals surface area contributed by atoms with Crippen molar-refractivity contribution in [2.45, 2.75) is 103 Å². The van der Waals surface area contributed by atoms with E-state index in [2.05, 4.69) is 22.5 Å². The van der Waals surface area contributed by atoms with E-state index in [1.54, 1.807) is 6.08 Å². The first-order chi connectivity index (χ1) is 17.7. The summed E-state index contributed by atoms with van der Waals surface area (Å²) < 4.78 is 24.6. The van der Waals surface area contributed by atoms with E-state index in [1.807, 2.05) is 0 Å². The van der Waals surface area contributed by atoms with E-state index in [0.717, 1.165) is 75.4 Å². The van der Waals surface area contributed by atoms with Gasteiger partial charge in [0.25, 0.3) is 0 Å². The Hall–Kier alpha value is -2.35. The number of alkyl halides is 1. The number of halogens is 1. The van der Waals surface area contributed by atoms with Crippen molar-refractivity contribution in [3.63, 3.8) is 0 Å². The number of carbonyl (C=O) groups is 4. The molecule has 8 heteroatoms. The van der Waals surface area contributed by atoms with Crippen LogP contribution in [0.1, 0.15) is 98.2 Å². The fraction of sp³-hybridized carbons (Fsp3) is 0.714. The van der Waals surface area contributed by atoms with Crippen LogP contribution in [0.15, 0.2) is 23.3 Å². The average Bonchev–Trinajstić information content (AvgIpc) is 3.36. The third-order valence-electron chi connectivity index (χ3n) is 6.11. The van der Waals surface area contributed by atoms with Gasteiger partial charge in [-0.1, -0.05) is 38.7 Å². The number of hydrogen-bond acceptors (Lipinski definition) is 7. The van der Waals surface area contributed by atoms with Gasteiger partial charge in [0.1, 0.15) is 0 Å². The number of aliphatic hydroxyl groups is 1. The topological polar surface area (TPSA) is 107 Å². The van der Waals surface area contributed by atoms with Gasteiger partial charge in [0.15, 0.2) is 11.6 Å². The van der Waals surface area contributed by atoms with Crippen molar-refractivity contribution >= 4 is 23.5 Å². The second-order valence-electron chi connectivity index (χ2n) is 9.16. The lowest BCUT2D eigenvalue weighted by atomic mass is 10.0. The number of hydrogen-bond donors (Lipinski definition) is 1. The van der Waals surface area contributed by atoms with Gasteiger partial charge in [-0.25, -0.2) is 0 Å². The molecule has 0 saturated carbocycles. The fourth-order valence-corrected chi connectivity index (χ4v) is 4.15. The predicted octanol–water partition coefficient (Wildman–Crippen LogP) is 5.38. The molecule has 0 saturated heterocycles. The molecule has 0 fully saturated rings. The summed E-state index contributed by atoms with van der Waals surface area (Å²) in [6.45, 7) is 2.08. The van der Waals surface area contributed by atoms with Gasteiger partial charge >= 0.3 is 11.9 Å². The molecule has 0 amide bonds. The number of carbonyl (C=O) groups excluding carboxylic acids is 4. The highest BCUT2D eigenvalue weighted by Gasteiger charge is 2.21. The zero-order valence-electron chi connectivity index (χ0n) is 23.2. The molecular formula is C28H45FO7. The zero-order valence-corrected chi connectivity index (χ0v) is 22.2. The molecule has 0 bridgehead atoms. The van der Waals surface area contributed by atoms with Crippen molar-refractivity contribution in [3.8, 4) is 0 Å². The Labute approximate surface area is 216 Å². The number of rotatable bonds is 14. The molecule has 0 aromatic heterocycles. The number of aliphatic hydroxyl groups excluding tert-OH is 1. The highest BCUT2D eigenvalue weighted by Crippen LogP contribution is 2.24. The lowest BCUT2D eigenvalue weighted by molar-refractivity contribution is -0.141. The molecule has 2 aliphatic rings. The Bertz CT molecular complexity index is 702. The Kier molecular flexibility index (Phi) is 18.3. The summed E-state index contributed by atoms with van der Waals surface area (Å²) in [5.41, 5.74) is 1.79. The Morgan fingerprint density at radius 1 is 0.861 bits per heavy atom. The van der Waals surface area contributed by atoms with Gasteiger partial charge < -0.3 is 14.6 Å². The first kappa shape index (κ1) is 31.7. The van der Waals surface area contributed by atoms with E-state index in [0.29, 0.717) is 31.0 Å². The molecule has 0 aromatic rings. The van der Waals surface area contributed by atoms with E-state index >= 15 is 0 Å². The molecule has 2 rings (SSSR count). The van der Waals surface area contributed by atoms with Crippen molar-refractivity contribution in [1.29, 1.82) is 0 Å². The van der Waals surface area contributed by atoms with Crippen LogP contribution in [0.3, 0.4) is 0 Å². The summed E-state index contributed by atoms with van der Waals surface area (Å²) in [5, 5.41) is 9.25. The maximum Gasteiger partial charge on any atom is 0.305 e. The minimum Gasteiger partial charge on any atom is -0.469 e. The molecule has 0 radical (unpaired) electrons. The number of Topliss-reactive ketones (excluding diaryl/α,β-unsaturated/α-hetero) is 2. The smallest absolute Gasteiger partial charge is 0.305 e. The number of ketones is 2. The SMILES string of the molecule is COC(=O)CCCCCCC1=C[C@H](C)CC1=O.COC(=O)CCCCCCC1=C[C@H](O)CC1=O.[2H]CF. The Morgan fingerprint density at radius 2 is 1.28 bits per heavy atom. The number of allylic oxidation sites excluding steroid dienone is 3. The van der Waals surface area contributed by atoms with Crippen LogP contribution in [0.5, 0.6) is 0 Å². The van der Waals surface area contributed by atoms with E-state index < -0.39 is 13.3 Å². The van der Waals surface area contributed by atoms with Crippen molar-refractivity contribution in [3.05, 3.63) is 23.3 Å². The van der Waals surface area contributed by atoms with Crippen LogP contribution in [0.25, 0.3) is 0 Å². The third kappa shape index (κ3) is 15.6. The van der Waals surface area contributed by atoms with Gasteiger partial charge in [-0.3, -0.25) is 23.6 Å². The molecule has 1 N–H and O–H groups in total. The van der Waals surface area contributed by atoms with E-state index in [9.17, 15) is 28.7 Å². The molecule has 2 atom stereocenters. The quantitative estimate of drug-likeness (QED) is 0.245. The second-order valence-corrected chi connectivity index (χ2v) is 9.16. The van der Waals surface area contributed by atoms with Crippen molar-refractivity contribution in [2.24, 2.45) is 5.92 Å². The number of methoxy groups -OCH3 is 2. The molecular weight excluding hydrogens is 467 g/mol. The lowest BCUT2D eigenvalue weighted by Gasteiger charge is -2.01. The summed E-state index contributed by atoms with van der Waals surface area (Å²) in [6.07, 6.45) is 14.6. The van der Waals surface area contributed by atoms with E-state index in [-0.39, 0.29) is 24.1 Å². The fourth-order valence-electron chi connectivity index (χ4n) is 4.15. The summed E-state index contributed by atoms with van der Waals surface area (Å²) >= 11 is 0. The van der Waals surface area contributed by atoms with E-state index in [1.165, 1.54) is 14.2 Å².